The van der Waals surface area contributed by atoms with Gasteiger partial charge in [-0.2, -0.15) is 0 Å². The van der Waals surface area contributed by atoms with Crippen molar-refractivity contribution in [3.63, 3.8) is 0 Å². The number of hydrogen-bond donors (Lipinski definition) is 0. The predicted molar refractivity (Wildman–Crippen MR) is 81.0 cm³/mol. The zero-order valence-corrected chi connectivity index (χ0v) is 13.2. The first-order valence-corrected chi connectivity index (χ1v) is 7.81. The Hall–Kier alpha value is -0.420. The molecule has 2 aromatic rings. The number of thiazole rings is 1. The van der Waals surface area contributed by atoms with Crippen LogP contribution in [0.25, 0.3) is 0 Å². The molecule has 0 N–H and O–H groups in total. The summed E-state index contributed by atoms with van der Waals surface area (Å²) in [6.07, 6.45) is 0. The molecule has 96 valence electrons. The molecule has 1 aromatic carbocycles. The van der Waals surface area contributed by atoms with Crippen LogP contribution in [0.5, 0.6) is 0 Å². The van der Waals surface area contributed by atoms with Gasteiger partial charge < -0.3 is 0 Å². The third-order valence-electron chi connectivity index (χ3n) is 2.54. The lowest BCUT2D eigenvalue weighted by atomic mass is 10.2. The Kier molecular flexibility index (Phi) is 5.18. The second kappa shape index (κ2) is 6.66. The summed E-state index contributed by atoms with van der Waals surface area (Å²) in [7, 11) is 2.10. The quantitative estimate of drug-likeness (QED) is 0.752. The third-order valence-corrected chi connectivity index (χ3v) is 4.47. The molecule has 5 heteroatoms. The molecule has 0 saturated carbocycles. The molecule has 1 heterocycles. The minimum Gasteiger partial charge on any atom is -0.295 e. The Bertz CT molecular complexity index is 515. The van der Waals surface area contributed by atoms with E-state index < -0.39 is 0 Å². The van der Waals surface area contributed by atoms with E-state index in [9.17, 15) is 0 Å². The van der Waals surface area contributed by atoms with E-state index in [0.717, 1.165) is 28.3 Å². The number of halogens is 2. The molecule has 0 amide bonds. The van der Waals surface area contributed by atoms with Crippen molar-refractivity contribution in [1.29, 1.82) is 0 Å². The average molecular weight is 346 g/mol. The number of hydrogen-bond acceptors (Lipinski definition) is 3. The van der Waals surface area contributed by atoms with Gasteiger partial charge in [-0.05, 0) is 18.7 Å². The van der Waals surface area contributed by atoms with Crippen molar-refractivity contribution in [1.82, 2.24) is 9.88 Å². The standard InChI is InChI=1S/C13H14BrClN2S/c1-17(7-10-4-2-3-5-12(10)14)8-13-16-11(6-15)9-18-13/h2-5,9H,6-8H2,1H3. The highest BCUT2D eigenvalue weighted by molar-refractivity contribution is 9.10. The predicted octanol–water partition coefficient (Wildman–Crippen LogP) is 4.28. The maximum absolute atomic E-state index is 5.75. The van der Waals surface area contributed by atoms with Gasteiger partial charge in [0.15, 0.2) is 0 Å². The summed E-state index contributed by atoms with van der Waals surface area (Å²) >= 11 is 11.0. The lowest BCUT2D eigenvalue weighted by Gasteiger charge is -2.16. The molecule has 0 spiro atoms. The van der Waals surface area contributed by atoms with Crippen LogP contribution in [0.15, 0.2) is 34.1 Å². The SMILES string of the molecule is CN(Cc1nc(CCl)cs1)Cc1ccccc1Br. The second-order valence-electron chi connectivity index (χ2n) is 4.13. The van der Waals surface area contributed by atoms with Gasteiger partial charge in [0.2, 0.25) is 0 Å². The molecular weight excluding hydrogens is 332 g/mol. The van der Waals surface area contributed by atoms with Crippen molar-refractivity contribution >= 4 is 38.9 Å². The van der Waals surface area contributed by atoms with Gasteiger partial charge >= 0.3 is 0 Å². The van der Waals surface area contributed by atoms with Crippen molar-refractivity contribution in [2.75, 3.05) is 7.05 Å². The minimum absolute atomic E-state index is 0.491. The van der Waals surface area contributed by atoms with Gasteiger partial charge in [0.25, 0.3) is 0 Å². The zero-order valence-electron chi connectivity index (χ0n) is 10.1. The molecule has 2 nitrogen and oxygen atoms in total. The fraction of sp³-hybridized carbons (Fsp3) is 0.308. The molecule has 0 fully saturated rings. The van der Waals surface area contributed by atoms with E-state index >= 15 is 0 Å². The topological polar surface area (TPSA) is 16.1 Å². The molecule has 0 aliphatic rings. The van der Waals surface area contributed by atoms with Crippen molar-refractivity contribution < 1.29 is 0 Å². The Morgan fingerprint density at radius 1 is 1.33 bits per heavy atom. The van der Waals surface area contributed by atoms with Gasteiger partial charge in [0.05, 0.1) is 18.1 Å². The Balaban J connectivity index is 1.96. The fourth-order valence-electron chi connectivity index (χ4n) is 1.69. The van der Waals surface area contributed by atoms with Crippen LogP contribution in [0, 0.1) is 0 Å². The van der Waals surface area contributed by atoms with E-state index in [1.54, 1.807) is 11.3 Å². The van der Waals surface area contributed by atoms with E-state index in [2.05, 4.69) is 51.1 Å². The second-order valence-corrected chi connectivity index (χ2v) is 6.19. The number of benzene rings is 1. The zero-order chi connectivity index (χ0) is 13.0. The number of aromatic nitrogens is 1. The largest absolute Gasteiger partial charge is 0.295 e. The van der Waals surface area contributed by atoms with Crippen LogP contribution < -0.4 is 0 Å². The van der Waals surface area contributed by atoms with Gasteiger partial charge in [0, 0.05) is 16.4 Å². The van der Waals surface area contributed by atoms with Crippen molar-refractivity contribution in [3.05, 3.63) is 50.4 Å². The molecule has 1 aromatic heterocycles. The Morgan fingerprint density at radius 2 is 2.11 bits per heavy atom. The first-order chi connectivity index (χ1) is 8.69. The maximum Gasteiger partial charge on any atom is 0.107 e. The summed E-state index contributed by atoms with van der Waals surface area (Å²) < 4.78 is 1.15. The van der Waals surface area contributed by atoms with E-state index in [-0.39, 0.29) is 0 Å². The van der Waals surface area contributed by atoms with Crippen LogP contribution >= 0.6 is 38.9 Å². The number of nitrogens with zero attached hydrogens (tertiary/aromatic N) is 2. The van der Waals surface area contributed by atoms with E-state index in [4.69, 9.17) is 11.6 Å². The Labute approximate surface area is 125 Å². The summed E-state index contributed by atoms with van der Waals surface area (Å²) in [6.45, 7) is 1.75. The number of rotatable bonds is 5. The Morgan fingerprint density at radius 3 is 2.78 bits per heavy atom. The van der Waals surface area contributed by atoms with Crippen LogP contribution in [-0.4, -0.2) is 16.9 Å². The van der Waals surface area contributed by atoms with Gasteiger partial charge in [-0.3, -0.25) is 4.90 Å². The summed E-state index contributed by atoms with van der Waals surface area (Å²) in [5.41, 5.74) is 2.25. The van der Waals surface area contributed by atoms with Gasteiger partial charge in [-0.1, -0.05) is 34.1 Å². The van der Waals surface area contributed by atoms with Crippen LogP contribution in [0.2, 0.25) is 0 Å². The molecule has 0 unspecified atom stereocenters. The smallest absolute Gasteiger partial charge is 0.107 e. The highest BCUT2D eigenvalue weighted by Crippen LogP contribution is 2.19. The van der Waals surface area contributed by atoms with Crippen LogP contribution in [0.3, 0.4) is 0 Å². The lowest BCUT2D eigenvalue weighted by molar-refractivity contribution is 0.318. The van der Waals surface area contributed by atoms with Crippen LogP contribution in [-0.2, 0) is 19.0 Å². The van der Waals surface area contributed by atoms with E-state index in [1.165, 1.54) is 5.56 Å². The van der Waals surface area contributed by atoms with Crippen molar-refractivity contribution in [2.24, 2.45) is 0 Å². The fourth-order valence-corrected chi connectivity index (χ4v) is 3.20. The minimum atomic E-state index is 0.491. The molecule has 0 bridgehead atoms. The lowest BCUT2D eigenvalue weighted by Crippen LogP contribution is -2.17. The third kappa shape index (κ3) is 3.79. The summed E-state index contributed by atoms with van der Waals surface area (Å²) in [4.78, 5) is 6.71. The first-order valence-electron chi connectivity index (χ1n) is 5.60. The van der Waals surface area contributed by atoms with E-state index in [0.29, 0.717) is 5.88 Å². The van der Waals surface area contributed by atoms with Crippen LogP contribution in [0.1, 0.15) is 16.3 Å². The first kappa shape index (κ1) is 14.0. The highest BCUT2D eigenvalue weighted by atomic mass is 79.9. The van der Waals surface area contributed by atoms with Crippen molar-refractivity contribution in [3.8, 4) is 0 Å². The van der Waals surface area contributed by atoms with Crippen LogP contribution in [0.4, 0.5) is 0 Å². The monoisotopic (exact) mass is 344 g/mol. The summed E-state index contributed by atoms with van der Waals surface area (Å²) in [5.74, 6) is 0.491. The molecule has 0 aliphatic heterocycles. The molecule has 2 rings (SSSR count). The molecule has 0 radical (unpaired) electrons. The maximum atomic E-state index is 5.75. The average Bonchev–Trinajstić information content (AvgIpc) is 2.80. The normalized spacial score (nSPS) is 11.1. The molecular formula is C13H14BrClN2S. The summed E-state index contributed by atoms with van der Waals surface area (Å²) in [5, 5.41) is 3.13. The summed E-state index contributed by atoms with van der Waals surface area (Å²) in [6, 6.07) is 8.29. The molecule has 18 heavy (non-hydrogen) atoms. The van der Waals surface area contributed by atoms with Gasteiger partial charge in [-0.15, -0.1) is 22.9 Å². The molecule has 0 atom stereocenters. The molecule has 0 aliphatic carbocycles. The van der Waals surface area contributed by atoms with Gasteiger partial charge in [0.1, 0.15) is 5.01 Å². The van der Waals surface area contributed by atoms with E-state index in [1.807, 2.05) is 11.4 Å². The van der Waals surface area contributed by atoms with Crippen molar-refractivity contribution in [2.45, 2.75) is 19.0 Å². The number of alkyl halides is 1. The van der Waals surface area contributed by atoms with Gasteiger partial charge in [-0.25, -0.2) is 4.98 Å². The highest BCUT2D eigenvalue weighted by Gasteiger charge is 2.07. The molecule has 0 saturated heterocycles.